The van der Waals surface area contributed by atoms with E-state index in [0.717, 1.165) is 18.7 Å². The Morgan fingerprint density at radius 2 is 2.15 bits per heavy atom. The molecule has 0 radical (unpaired) electrons. The highest BCUT2D eigenvalue weighted by molar-refractivity contribution is 7.84. The Labute approximate surface area is 84.3 Å². The van der Waals surface area contributed by atoms with Gasteiger partial charge < -0.3 is 5.32 Å². The van der Waals surface area contributed by atoms with E-state index in [1.165, 1.54) is 0 Å². The predicted octanol–water partition coefficient (Wildman–Crippen LogP) is 1.56. The van der Waals surface area contributed by atoms with Crippen LogP contribution in [0.25, 0.3) is 0 Å². The molecule has 3 heteroatoms. The Balaban J connectivity index is 3.54. The van der Waals surface area contributed by atoms with E-state index in [-0.39, 0.29) is 0 Å². The van der Waals surface area contributed by atoms with Crippen LogP contribution in [0.2, 0.25) is 0 Å². The lowest BCUT2D eigenvalue weighted by Gasteiger charge is -2.19. The molecule has 3 unspecified atom stereocenters. The third-order valence-electron chi connectivity index (χ3n) is 2.25. The lowest BCUT2D eigenvalue weighted by Crippen LogP contribution is -2.34. The Bertz CT molecular complexity index is 170. The second kappa shape index (κ2) is 7.27. The minimum absolute atomic E-state index is 0.474. The average molecular weight is 203 g/mol. The first-order valence-corrected chi connectivity index (χ1v) is 6.45. The molecule has 78 valence electrons. The van der Waals surface area contributed by atoms with Crippen LogP contribution in [0.3, 0.4) is 0 Å². The molecule has 0 heterocycles. The summed E-state index contributed by atoms with van der Waals surface area (Å²) in [6.45, 7) is 8.91. The molecular formula is C10H21NOS. The maximum absolute atomic E-state index is 10.8. The molecule has 0 aromatic rings. The van der Waals surface area contributed by atoms with E-state index in [9.17, 15) is 4.21 Å². The molecule has 0 spiro atoms. The second-order valence-corrected chi connectivity index (χ2v) is 5.08. The van der Waals surface area contributed by atoms with Crippen molar-refractivity contribution in [3.63, 3.8) is 0 Å². The van der Waals surface area contributed by atoms with Gasteiger partial charge in [-0.3, -0.25) is 4.21 Å². The van der Waals surface area contributed by atoms with Crippen LogP contribution >= 0.6 is 0 Å². The van der Waals surface area contributed by atoms with Crippen LogP contribution in [-0.2, 0) is 10.8 Å². The summed E-state index contributed by atoms with van der Waals surface area (Å²) in [5.74, 6) is 1.34. The second-order valence-electron chi connectivity index (χ2n) is 3.52. The number of hydrogen-bond donors (Lipinski definition) is 1. The van der Waals surface area contributed by atoms with Gasteiger partial charge >= 0.3 is 0 Å². The standard InChI is InChI=1S/C10H21NOS/c1-5-6-9(2)10(3)11-7-8-13(4)12/h5,9-11H,1,6-8H2,2-4H3. The number of hydrogen-bond acceptors (Lipinski definition) is 2. The lowest BCUT2D eigenvalue weighted by molar-refractivity contribution is 0.412. The van der Waals surface area contributed by atoms with E-state index in [4.69, 9.17) is 0 Å². The molecule has 0 saturated carbocycles. The Hall–Kier alpha value is -0.150. The molecule has 0 aliphatic carbocycles. The third kappa shape index (κ3) is 6.96. The van der Waals surface area contributed by atoms with Gasteiger partial charge in [-0.15, -0.1) is 6.58 Å². The molecule has 1 N–H and O–H groups in total. The van der Waals surface area contributed by atoms with Gasteiger partial charge in [0.2, 0.25) is 0 Å². The molecule has 2 nitrogen and oxygen atoms in total. The Kier molecular flexibility index (Phi) is 7.19. The topological polar surface area (TPSA) is 29.1 Å². The van der Waals surface area contributed by atoms with E-state index in [1.807, 2.05) is 6.08 Å². The molecule has 3 atom stereocenters. The highest BCUT2D eigenvalue weighted by Gasteiger charge is 2.09. The van der Waals surface area contributed by atoms with Crippen molar-refractivity contribution in [2.75, 3.05) is 18.6 Å². The van der Waals surface area contributed by atoms with Gasteiger partial charge in [0, 0.05) is 35.4 Å². The number of rotatable bonds is 7. The molecule has 0 bridgehead atoms. The van der Waals surface area contributed by atoms with Gasteiger partial charge in [-0.05, 0) is 19.3 Å². The lowest BCUT2D eigenvalue weighted by atomic mass is 10.0. The molecule has 0 amide bonds. The van der Waals surface area contributed by atoms with Crippen LogP contribution in [0.15, 0.2) is 12.7 Å². The van der Waals surface area contributed by atoms with Crippen LogP contribution in [0.5, 0.6) is 0 Å². The molecule has 0 aromatic heterocycles. The molecule has 13 heavy (non-hydrogen) atoms. The van der Waals surface area contributed by atoms with E-state index in [0.29, 0.717) is 12.0 Å². The molecule has 0 rings (SSSR count). The molecular weight excluding hydrogens is 182 g/mol. The first-order chi connectivity index (χ1) is 6.07. The summed E-state index contributed by atoms with van der Waals surface area (Å²) in [5, 5.41) is 3.36. The van der Waals surface area contributed by atoms with Gasteiger partial charge in [-0.2, -0.15) is 0 Å². The van der Waals surface area contributed by atoms with Crippen LogP contribution < -0.4 is 5.32 Å². The van der Waals surface area contributed by atoms with E-state index >= 15 is 0 Å². The minimum atomic E-state index is -0.682. The fourth-order valence-electron chi connectivity index (χ4n) is 1.10. The molecule has 0 aromatic carbocycles. The van der Waals surface area contributed by atoms with Crippen LogP contribution in [0.1, 0.15) is 20.3 Å². The number of allylic oxidation sites excluding steroid dienone is 1. The SMILES string of the molecule is C=CCC(C)C(C)NCCS(C)=O. The summed E-state index contributed by atoms with van der Waals surface area (Å²) in [7, 11) is -0.682. The zero-order chi connectivity index (χ0) is 10.3. The fraction of sp³-hybridized carbons (Fsp3) is 0.800. The van der Waals surface area contributed by atoms with Crippen LogP contribution in [-0.4, -0.2) is 28.8 Å². The molecule has 0 fully saturated rings. The van der Waals surface area contributed by atoms with E-state index in [1.54, 1.807) is 6.26 Å². The number of nitrogens with one attached hydrogen (secondary N) is 1. The smallest absolute Gasteiger partial charge is 0.0357 e. The highest BCUT2D eigenvalue weighted by atomic mass is 32.2. The van der Waals surface area contributed by atoms with Crippen molar-refractivity contribution in [3.05, 3.63) is 12.7 Å². The average Bonchev–Trinajstić information content (AvgIpc) is 2.04. The third-order valence-corrected chi connectivity index (χ3v) is 3.03. The molecule has 0 aliphatic heterocycles. The monoisotopic (exact) mass is 203 g/mol. The quantitative estimate of drug-likeness (QED) is 0.636. The van der Waals surface area contributed by atoms with Gasteiger partial charge in [0.25, 0.3) is 0 Å². The van der Waals surface area contributed by atoms with Crippen molar-refractivity contribution in [1.29, 1.82) is 0 Å². The van der Waals surface area contributed by atoms with E-state index < -0.39 is 10.8 Å². The van der Waals surface area contributed by atoms with Crippen LogP contribution in [0.4, 0.5) is 0 Å². The van der Waals surface area contributed by atoms with Gasteiger partial charge in [-0.1, -0.05) is 13.0 Å². The van der Waals surface area contributed by atoms with Crippen molar-refractivity contribution in [2.24, 2.45) is 5.92 Å². The molecule has 0 aliphatic rings. The van der Waals surface area contributed by atoms with Crippen molar-refractivity contribution < 1.29 is 4.21 Å². The normalized spacial score (nSPS) is 17.8. The van der Waals surface area contributed by atoms with Gasteiger partial charge in [0.05, 0.1) is 0 Å². The largest absolute Gasteiger partial charge is 0.313 e. The Morgan fingerprint density at radius 3 is 2.62 bits per heavy atom. The van der Waals surface area contributed by atoms with Crippen molar-refractivity contribution in [1.82, 2.24) is 5.32 Å². The van der Waals surface area contributed by atoms with Gasteiger partial charge in [0.15, 0.2) is 0 Å². The highest BCUT2D eigenvalue weighted by Crippen LogP contribution is 2.07. The summed E-state index contributed by atoms with van der Waals surface area (Å²) in [6.07, 6.45) is 4.71. The van der Waals surface area contributed by atoms with Crippen molar-refractivity contribution in [3.8, 4) is 0 Å². The summed E-state index contributed by atoms with van der Waals surface area (Å²) < 4.78 is 10.8. The van der Waals surface area contributed by atoms with Crippen LogP contribution in [0, 0.1) is 5.92 Å². The van der Waals surface area contributed by atoms with E-state index in [2.05, 4.69) is 25.7 Å². The van der Waals surface area contributed by atoms with Gasteiger partial charge in [0.1, 0.15) is 0 Å². The van der Waals surface area contributed by atoms with Gasteiger partial charge in [-0.25, -0.2) is 0 Å². The summed E-state index contributed by atoms with van der Waals surface area (Å²) in [4.78, 5) is 0. The zero-order valence-electron chi connectivity index (χ0n) is 8.88. The molecule has 0 saturated heterocycles. The Morgan fingerprint density at radius 1 is 1.54 bits per heavy atom. The summed E-state index contributed by atoms with van der Waals surface area (Å²) in [5.41, 5.74) is 0. The predicted molar refractivity (Wildman–Crippen MR) is 60.4 cm³/mol. The first kappa shape index (κ1) is 12.8. The minimum Gasteiger partial charge on any atom is -0.313 e. The first-order valence-electron chi connectivity index (χ1n) is 4.72. The maximum Gasteiger partial charge on any atom is 0.0357 e. The van der Waals surface area contributed by atoms with Crippen molar-refractivity contribution >= 4 is 10.8 Å². The zero-order valence-corrected chi connectivity index (χ0v) is 9.69. The summed E-state index contributed by atoms with van der Waals surface area (Å²) >= 11 is 0. The maximum atomic E-state index is 10.8. The fourth-order valence-corrected chi connectivity index (χ4v) is 1.50. The summed E-state index contributed by atoms with van der Waals surface area (Å²) in [6, 6.07) is 0.474. The van der Waals surface area contributed by atoms with Crippen molar-refractivity contribution in [2.45, 2.75) is 26.3 Å².